The first-order valence-electron chi connectivity index (χ1n) is 5.63. The van der Waals surface area contributed by atoms with Crippen LogP contribution in [0.2, 0.25) is 0 Å². The van der Waals surface area contributed by atoms with Crippen LogP contribution < -0.4 is 4.74 Å². The number of nitro groups is 1. The summed E-state index contributed by atoms with van der Waals surface area (Å²) in [6.45, 7) is 0.884. The second kappa shape index (κ2) is 6.24. The number of hydrogen-bond acceptors (Lipinski definition) is 5. The molecule has 0 fully saturated rings. The maximum Gasteiger partial charge on any atom is 0.306 e. The third kappa shape index (κ3) is 3.72. The summed E-state index contributed by atoms with van der Waals surface area (Å²) >= 11 is 1.67. The number of hydrogen-bond donors (Lipinski definition) is 0. The topological polar surface area (TPSA) is 70.2 Å². The third-order valence-electron chi connectivity index (χ3n) is 2.48. The van der Waals surface area contributed by atoms with Gasteiger partial charge in [-0.15, -0.1) is 11.8 Å². The van der Waals surface area contributed by atoms with Crippen molar-refractivity contribution in [2.24, 2.45) is 0 Å². The van der Waals surface area contributed by atoms with Gasteiger partial charge in [0, 0.05) is 4.90 Å². The summed E-state index contributed by atoms with van der Waals surface area (Å²) in [5.41, 5.74) is -0.00989. The molecule has 0 aliphatic carbocycles. The first-order chi connectivity index (χ1) is 9.19. The molecule has 0 saturated carbocycles. The first kappa shape index (κ1) is 13.4. The van der Waals surface area contributed by atoms with Crippen molar-refractivity contribution >= 4 is 17.4 Å². The summed E-state index contributed by atoms with van der Waals surface area (Å²) in [7, 11) is 0. The molecule has 1 heterocycles. The van der Waals surface area contributed by atoms with Crippen molar-refractivity contribution in [1.29, 1.82) is 0 Å². The van der Waals surface area contributed by atoms with Crippen LogP contribution in [0.25, 0.3) is 0 Å². The van der Waals surface area contributed by atoms with Crippen molar-refractivity contribution in [2.75, 3.05) is 12.9 Å². The van der Waals surface area contributed by atoms with E-state index in [1.165, 1.54) is 22.0 Å². The van der Waals surface area contributed by atoms with Crippen LogP contribution in [-0.4, -0.2) is 27.6 Å². The summed E-state index contributed by atoms with van der Waals surface area (Å²) in [6.07, 6.45) is 4.63. The van der Waals surface area contributed by atoms with Crippen LogP contribution >= 0.6 is 11.8 Å². The average molecular weight is 279 g/mol. The minimum Gasteiger partial charge on any atom is -0.492 e. The van der Waals surface area contributed by atoms with Gasteiger partial charge >= 0.3 is 5.69 Å². The van der Waals surface area contributed by atoms with E-state index >= 15 is 0 Å². The molecule has 2 aromatic rings. The molecule has 1 aromatic carbocycles. The second-order valence-corrected chi connectivity index (χ2v) is 4.62. The lowest BCUT2D eigenvalue weighted by molar-refractivity contribution is -0.385. The van der Waals surface area contributed by atoms with Gasteiger partial charge in [0.2, 0.25) is 0 Å². The van der Waals surface area contributed by atoms with E-state index in [2.05, 4.69) is 5.10 Å². The molecule has 0 radical (unpaired) electrons. The van der Waals surface area contributed by atoms with Gasteiger partial charge in [0.25, 0.3) is 0 Å². The Labute approximate surface area is 114 Å². The Balaban J connectivity index is 1.83. The van der Waals surface area contributed by atoms with E-state index in [1.807, 2.05) is 30.5 Å². The van der Waals surface area contributed by atoms with Crippen molar-refractivity contribution < 1.29 is 9.66 Å². The molecule has 0 bridgehead atoms. The van der Waals surface area contributed by atoms with Crippen LogP contribution in [0, 0.1) is 10.1 Å². The molecule has 0 N–H and O–H groups in total. The van der Waals surface area contributed by atoms with Crippen molar-refractivity contribution in [1.82, 2.24) is 9.78 Å². The third-order valence-corrected chi connectivity index (χ3v) is 3.22. The number of aromatic nitrogens is 2. The molecule has 19 heavy (non-hydrogen) atoms. The highest BCUT2D eigenvalue weighted by molar-refractivity contribution is 7.98. The molecular weight excluding hydrogens is 266 g/mol. The van der Waals surface area contributed by atoms with Gasteiger partial charge in [0.05, 0.1) is 11.5 Å². The van der Waals surface area contributed by atoms with E-state index in [1.54, 1.807) is 11.8 Å². The van der Waals surface area contributed by atoms with Gasteiger partial charge < -0.3 is 4.74 Å². The Morgan fingerprint density at radius 2 is 2.16 bits per heavy atom. The lowest BCUT2D eigenvalue weighted by Gasteiger charge is -2.06. The molecule has 0 amide bonds. The van der Waals surface area contributed by atoms with E-state index in [-0.39, 0.29) is 5.69 Å². The zero-order valence-electron chi connectivity index (χ0n) is 10.4. The number of thioether (sulfide) groups is 1. The van der Waals surface area contributed by atoms with Crippen molar-refractivity contribution in [3.63, 3.8) is 0 Å². The fourth-order valence-corrected chi connectivity index (χ4v) is 1.91. The highest BCUT2D eigenvalue weighted by Crippen LogP contribution is 2.18. The molecule has 100 valence electrons. The SMILES string of the molecule is CSc1ccc(OCCn2cc([N+](=O)[O-])cn2)cc1. The fourth-order valence-electron chi connectivity index (χ4n) is 1.50. The zero-order chi connectivity index (χ0) is 13.7. The molecule has 2 rings (SSSR count). The van der Waals surface area contributed by atoms with Crippen LogP contribution in [-0.2, 0) is 6.54 Å². The van der Waals surface area contributed by atoms with Crippen LogP contribution in [0.15, 0.2) is 41.6 Å². The van der Waals surface area contributed by atoms with Gasteiger partial charge in [-0.1, -0.05) is 0 Å². The number of rotatable bonds is 6. The Morgan fingerprint density at radius 3 is 2.74 bits per heavy atom. The van der Waals surface area contributed by atoms with E-state index in [0.717, 1.165) is 5.75 Å². The quantitative estimate of drug-likeness (QED) is 0.462. The highest BCUT2D eigenvalue weighted by Gasteiger charge is 2.08. The van der Waals surface area contributed by atoms with Crippen LogP contribution in [0.5, 0.6) is 5.75 Å². The first-order valence-corrected chi connectivity index (χ1v) is 6.85. The number of ether oxygens (including phenoxy) is 1. The normalized spacial score (nSPS) is 10.4. The number of benzene rings is 1. The molecule has 0 aliphatic rings. The van der Waals surface area contributed by atoms with Gasteiger partial charge in [-0.05, 0) is 30.5 Å². The maximum atomic E-state index is 10.5. The summed E-state index contributed by atoms with van der Waals surface area (Å²) < 4.78 is 7.03. The lowest BCUT2D eigenvalue weighted by atomic mass is 10.3. The van der Waals surface area contributed by atoms with E-state index in [9.17, 15) is 10.1 Å². The lowest BCUT2D eigenvalue weighted by Crippen LogP contribution is -2.08. The molecule has 0 atom stereocenters. The van der Waals surface area contributed by atoms with Gasteiger partial charge in [-0.2, -0.15) is 5.10 Å². The van der Waals surface area contributed by atoms with E-state index in [0.29, 0.717) is 13.2 Å². The minimum atomic E-state index is -0.467. The van der Waals surface area contributed by atoms with Gasteiger partial charge in [0.1, 0.15) is 24.8 Å². The Morgan fingerprint density at radius 1 is 1.42 bits per heavy atom. The summed E-state index contributed by atoms with van der Waals surface area (Å²) in [6, 6.07) is 7.77. The van der Waals surface area contributed by atoms with Crippen molar-refractivity contribution in [3.8, 4) is 5.75 Å². The molecule has 6 nitrogen and oxygen atoms in total. The summed E-state index contributed by atoms with van der Waals surface area (Å²) in [5, 5.41) is 14.4. The predicted octanol–water partition coefficient (Wildman–Crippen LogP) is 2.59. The van der Waals surface area contributed by atoms with Crippen LogP contribution in [0.4, 0.5) is 5.69 Å². The summed E-state index contributed by atoms with van der Waals surface area (Å²) in [5.74, 6) is 0.777. The number of nitrogens with zero attached hydrogens (tertiary/aromatic N) is 3. The largest absolute Gasteiger partial charge is 0.492 e. The standard InChI is InChI=1S/C12H13N3O3S/c1-19-12-4-2-11(3-5-12)18-7-6-14-9-10(8-13-14)15(16)17/h2-5,8-9H,6-7H2,1H3. The van der Waals surface area contributed by atoms with Gasteiger partial charge in [-0.3, -0.25) is 14.8 Å². The molecule has 1 aromatic heterocycles. The van der Waals surface area contributed by atoms with Gasteiger partial charge in [0.15, 0.2) is 0 Å². The monoisotopic (exact) mass is 279 g/mol. The molecule has 0 aliphatic heterocycles. The zero-order valence-corrected chi connectivity index (χ0v) is 11.2. The minimum absolute atomic E-state index is 0.00989. The molecule has 0 unspecified atom stereocenters. The second-order valence-electron chi connectivity index (χ2n) is 3.74. The van der Waals surface area contributed by atoms with E-state index < -0.39 is 4.92 Å². The maximum absolute atomic E-state index is 10.5. The van der Waals surface area contributed by atoms with Crippen molar-refractivity contribution in [2.45, 2.75) is 11.4 Å². The Hall–Kier alpha value is -2.02. The highest BCUT2D eigenvalue weighted by atomic mass is 32.2. The molecule has 7 heteroatoms. The Bertz CT molecular complexity index is 554. The van der Waals surface area contributed by atoms with Crippen LogP contribution in [0.3, 0.4) is 0 Å². The van der Waals surface area contributed by atoms with Crippen molar-refractivity contribution in [3.05, 3.63) is 46.8 Å². The molecular formula is C12H13N3O3S. The predicted molar refractivity (Wildman–Crippen MR) is 72.6 cm³/mol. The van der Waals surface area contributed by atoms with E-state index in [4.69, 9.17) is 4.74 Å². The Kier molecular flexibility index (Phi) is 4.40. The summed E-state index contributed by atoms with van der Waals surface area (Å²) in [4.78, 5) is 11.2. The molecule has 0 saturated heterocycles. The fraction of sp³-hybridized carbons (Fsp3) is 0.250. The smallest absolute Gasteiger partial charge is 0.306 e. The average Bonchev–Trinajstić information content (AvgIpc) is 2.89. The molecule has 0 spiro atoms. The van der Waals surface area contributed by atoms with Crippen LogP contribution in [0.1, 0.15) is 0 Å². The van der Waals surface area contributed by atoms with Gasteiger partial charge in [-0.25, -0.2) is 0 Å².